The highest BCUT2D eigenvalue weighted by Gasteiger charge is 2.23. The van der Waals surface area contributed by atoms with E-state index in [2.05, 4.69) is 138 Å². The molecular weight excluding hydrogens is 1660 g/mol. The molecule has 30 nitrogen and oxygen atoms in total. The van der Waals surface area contributed by atoms with E-state index in [1.807, 2.05) is 80.1 Å². The number of methoxy groups -OCH3 is 2. The number of benzene rings is 5. The summed E-state index contributed by atoms with van der Waals surface area (Å²) in [5.74, 6) is 8.39. The number of nitrogen functional groups attached to an aromatic ring is 1. The van der Waals surface area contributed by atoms with E-state index >= 15 is 0 Å². The summed E-state index contributed by atoms with van der Waals surface area (Å²) in [6, 6.07) is 29.7. The Morgan fingerprint density at radius 1 is 0.604 bits per heavy atom. The van der Waals surface area contributed by atoms with E-state index < -0.39 is 16.7 Å². The van der Waals surface area contributed by atoms with Crippen LogP contribution in [0.25, 0.3) is 49.7 Å². The number of carbonyl (C=O) groups is 3. The van der Waals surface area contributed by atoms with Crippen molar-refractivity contribution in [3.8, 4) is 12.1 Å². The number of hydrogen-bond donors (Lipinski definition) is 7. The standard InChI is InChI=1S/C17H21ClN6.C12H10Cl2N4.C12H11ClN4O.C9H7ClN2O2.C7H5ClN2.C5H12N2.C4H10N2O.C2H3ClO2.C2H6O.Cl3OP/c1-11(2)15-20-16-13-10-12(18)4-5-14(13)19-17(24(16)21-15)23-8-6-22(3)7-9-23;1-6(2)10-16-11-8-5-7(13)3-4-9(8)15-12(14)18(11)17-10;1-6(2)10-15-11-8-5-7(13)3-4-9(8)14-12(18)17(11)16-10;1-14-9(13)12-8-3-2-7(10)4-6(8)5-11;8-6-1-2-7(10)5(3-6)4-9;1-7-4-2-6-3-5-7;1-3(2)4(7)6-5;1-5-2(3)4;1-2-3;1-5(2,3)4/h4-5,10-11H,6-9H2,1-3H3;3-6H,1-2H3;3-6H,1-2H3,(H,14,18);2-4H,1H3,(H,12,13);1-3H,10H2;6H,2-5H2,1H3;3H,5H2,1-2H3,(H,6,7);1H3;3H,2H2,1H3;. The van der Waals surface area contributed by atoms with Crippen LogP contribution in [0.2, 0.25) is 30.4 Å². The van der Waals surface area contributed by atoms with Crippen LogP contribution in [0.5, 0.6) is 0 Å². The van der Waals surface area contributed by atoms with Crippen molar-refractivity contribution in [2.75, 3.05) is 103 Å². The van der Waals surface area contributed by atoms with Gasteiger partial charge in [0.2, 0.25) is 17.1 Å². The number of likely N-dealkylation sites (N-methyl/N-ethyl adjacent to an activating group) is 2. The minimum atomic E-state index is -3.22. The number of H-pyrrole nitrogens is 1. The molecule has 0 unspecified atom stereocenters. The minimum Gasteiger partial charge on any atom is -0.457 e. The van der Waals surface area contributed by atoms with E-state index in [1.54, 1.807) is 67.8 Å². The monoisotopic (exact) mass is 1740 g/mol. The molecule has 2 fully saturated rings. The number of amides is 2. The van der Waals surface area contributed by atoms with E-state index in [4.69, 9.17) is 112 Å². The molecule has 2 aliphatic heterocycles. The molecule has 13 rings (SSSR count). The molecule has 5 aromatic carbocycles. The molecule has 9 N–H and O–H groups in total. The molecule has 0 aliphatic carbocycles. The fraction of sp³-hybridized carbons (Fsp3) is 0.371. The van der Waals surface area contributed by atoms with Crippen LogP contribution in [-0.4, -0.2) is 178 Å². The quantitative estimate of drug-likeness (QED) is 0.0155. The van der Waals surface area contributed by atoms with Crippen molar-refractivity contribution in [3.05, 3.63) is 160 Å². The van der Waals surface area contributed by atoms with Gasteiger partial charge < -0.3 is 45.3 Å². The average Bonchev–Trinajstić information content (AvgIpc) is 1.71. The van der Waals surface area contributed by atoms with E-state index in [1.165, 1.54) is 50.0 Å². The molecule has 6 aromatic heterocycles. The van der Waals surface area contributed by atoms with E-state index in [0.29, 0.717) is 75.5 Å². The molecule has 0 bridgehead atoms. The minimum absolute atomic E-state index is 0.00926. The highest BCUT2D eigenvalue weighted by atomic mass is 36.0. The van der Waals surface area contributed by atoms with Crippen molar-refractivity contribution in [2.45, 2.75) is 80.1 Å². The highest BCUT2D eigenvalue weighted by molar-refractivity contribution is 8.24. The Morgan fingerprint density at radius 2 is 1.01 bits per heavy atom. The third-order valence-corrected chi connectivity index (χ3v) is 16.5. The molecule has 0 atom stereocenters. The Morgan fingerprint density at radius 3 is 1.43 bits per heavy atom. The number of halogens is 10. The Kier molecular flexibility index (Phi) is 40.3. The molecule has 11 aromatic rings. The first-order valence-corrected chi connectivity index (χ1v) is 40.7. The number of nitrogens with zero attached hydrogens (tertiary/aromatic N) is 16. The topological polar surface area (TPSA) is 402 Å². The number of nitrogens with two attached hydrogens (primary N) is 2. The van der Waals surface area contributed by atoms with E-state index in [0.717, 1.165) is 89.7 Å². The number of nitrogens with one attached hydrogen (secondary N) is 4. The molecule has 0 saturated carbocycles. The molecule has 598 valence electrons. The summed E-state index contributed by atoms with van der Waals surface area (Å²) in [6.45, 7) is 26.4. The Hall–Kier alpha value is -7.95. The Balaban J connectivity index is 0.000000274. The van der Waals surface area contributed by atoms with Gasteiger partial charge in [-0.3, -0.25) is 20.1 Å². The zero-order valence-corrected chi connectivity index (χ0v) is 71.1. The van der Waals surface area contributed by atoms with Gasteiger partial charge >= 0.3 is 22.4 Å². The lowest BCUT2D eigenvalue weighted by molar-refractivity contribution is -0.124. The van der Waals surface area contributed by atoms with Crippen molar-refractivity contribution in [3.63, 3.8) is 0 Å². The molecule has 0 spiro atoms. The zero-order chi connectivity index (χ0) is 83.1. The van der Waals surface area contributed by atoms with Crippen molar-refractivity contribution >= 4 is 205 Å². The third-order valence-electron chi connectivity index (χ3n) is 14.9. The Labute approximate surface area is 690 Å². The fourth-order valence-corrected chi connectivity index (χ4v) is 10.2. The predicted molar refractivity (Wildman–Crippen MR) is 446 cm³/mol. The summed E-state index contributed by atoms with van der Waals surface area (Å²) in [4.78, 5) is 74.9. The van der Waals surface area contributed by atoms with Gasteiger partial charge in [0.1, 0.15) is 12.1 Å². The van der Waals surface area contributed by atoms with Crippen LogP contribution in [0.15, 0.2) is 95.8 Å². The molecule has 2 aliphatic rings. The number of aliphatic hydroxyl groups excluding tert-OH is 1. The highest BCUT2D eigenvalue weighted by Crippen LogP contribution is 2.61. The molecule has 2 saturated heterocycles. The van der Waals surface area contributed by atoms with Crippen LogP contribution < -0.4 is 38.2 Å². The number of rotatable bonds is 6. The molecular formula is C70H85Cl10N22O8P. The number of hydrazine groups is 1. The lowest BCUT2D eigenvalue weighted by atomic mass is 10.2. The van der Waals surface area contributed by atoms with Crippen molar-refractivity contribution in [1.29, 1.82) is 10.5 Å². The molecule has 0 radical (unpaired) electrons. The maximum atomic E-state index is 11.9. The normalized spacial score (nSPS) is 12.5. The van der Waals surface area contributed by atoms with Gasteiger partial charge in [0, 0.05) is 141 Å². The van der Waals surface area contributed by atoms with Crippen LogP contribution in [0, 0.1) is 28.6 Å². The first kappa shape index (κ1) is 95.4. The number of nitriles is 2. The van der Waals surface area contributed by atoms with E-state index in [-0.39, 0.29) is 41.9 Å². The Bertz CT molecular complexity index is 5110. The van der Waals surface area contributed by atoms with Gasteiger partial charge in [-0.05, 0) is 157 Å². The number of aromatic nitrogens is 12. The summed E-state index contributed by atoms with van der Waals surface area (Å²) < 4.78 is 22.5. The molecule has 8 heterocycles. The fourth-order valence-electron chi connectivity index (χ4n) is 9.16. The van der Waals surface area contributed by atoms with Crippen LogP contribution in [-0.2, 0) is 18.8 Å². The first-order chi connectivity index (χ1) is 52.3. The van der Waals surface area contributed by atoms with Crippen molar-refractivity contribution in [2.24, 2.45) is 11.8 Å². The number of fused-ring (bicyclic) bond motifs is 9. The summed E-state index contributed by atoms with van der Waals surface area (Å²) in [7, 11) is 6.77. The van der Waals surface area contributed by atoms with Crippen molar-refractivity contribution in [1.82, 2.24) is 79.3 Å². The molecule has 41 heteroatoms. The van der Waals surface area contributed by atoms with Crippen LogP contribution in [0.1, 0.15) is 109 Å². The smallest absolute Gasteiger partial charge is 0.411 e. The summed E-state index contributed by atoms with van der Waals surface area (Å²) in [5.41, 5.74) is 12.4. The number of piperazine rings is 2. The molecule has 2 amide bonds. The maximum absolute atomic E-state index is 11.9. The van der Waals surface area contributed by atoms with Crippen molar-refractivity contribution < 1.29 is 33.5 Å². The van der Waals surface area contributed by atoms with Crippen LogP contribution >= 0.6 is 120 Å². The summed E-state index contributed by atoms with van der Waals surface area (Å²) >= 11 is 54.0. The lowest BCUT2D eigenvalue weighted by Gasteiger charge is -2.33. The summed E-state index contributed by atoms with van der Waals surface area (Å²) in [6.07, 6.45) is -0.621. The summed E-state index contributed by atoms with van der Waals surface area (Å²) in [5, 5.41) is 46.3. The number of anilines is 3. The van der Waals surface area contributed by atoms with Gasteiger partial charge in [0.15, 0.2) is 34.4 Å². The third kappa shape index (κ3) is 31.2. The number of aliphatic hydroxyl groups is 1. The first-order valence-electron chi connectivity index (χ1n) is 33.6. The average molecular weight is 1750 g/mol. The van der Waals surface area contributed by atoms with Crippen LogP contribution in [0.4, 0.5) is 26.9 Å². The number of ether oxygens (including phenoxy) is 2. The number of aromatic amines is 1. The van der Waals surface area contributed by atoms with Gasteiger partial charge in [0.25, 0.3) is 0 Å². The maximum Gasteiger partial charge on any atom is 0.411 e. The zero-order valence-electron chi connectivity index (χ0n) is 62.7. The second-order valence-electron chi connectivity index (χ2n) is 24.7. The van der Waals surface area contributed by atoms with Gasteiger partial charge in [-0.1, -0.05) is 113 Å². The van der Waals surface area contributed by atoms with Gasteiger partial charge in [0.05, 0.1) is 47.6 Å². The second kappa shape index (κ2) is 46.9. The largest absolute Gasteiger partial charge is 0.457 e. The number of carbonyl (C=O) groups excluding carboxylic acids is 3. The SMILES string of the molecule is CC(C)C(=O)NN.CC(C)c1nc2c3cc(Cl)ccc3[nH]c(=O)n2n1.CC(C)c1nc2c3cc(Cl)ccc3nc(Cl)n2n1.CC(C)c1nc2c3cc(Cl)ccc3nc(N3CCN(C)CC3)n2n1.CCO.CN1CCNCC1.COC(=O)Cl.COC(=O)Nc1ccc(Cl)cc1C#N.N#Cc1cc(Cl)ccc1N.O=P(Cl)(Cl)Cl. The van der Waals surface area contributed by atoms with E-state index in [9.17, 15) is 23.7 Å². The van der Waals surface area contributed by atoms with Crippen LogP contribution in [0.3, 0.4) is 0 Å². The van der Waals surface area contributed by atoms with Gasteiger partial charge in [-0.2, -0.15) is 24.1 Å². The number of hydrogen-bond acceptors (Lipinski definition) is 24. The van der Waals surface area contributed by atoms with Gasteiger partial charge in [-0.15, -0.1) is 15.3 Å². The lowest BCUT2D eigenvalue weighted by Crippen LogP contribution is -2.45. The molecule has 111 heavy (non-hydrogen) atoms. The van der Waals surface area contributed by atoms with Gasteiger partial charge in [-0.25, -0.2) is 45.1 Å². The predicted octanol–water partition coefficient (Wildman–Crippen LogP) is 16.0. The second-order valence-corrected chi connectivity index (χ2v) is 34.2.